The normalized spacial score (nSPS) is 10.3. The zero-order chi connectivity index (χ0) is 17.6. The third kappa shape index (κ3) is 3.86. The van der Waals surface area contributed by atoms with E-state index in [9.17, 15) is 9.59 Å². The number of ether oxygens (including phenoxy) is 1. The number of nitrogens with zero attached hydrogens (tertiary/aromatic N) is 3. The van der Waals surface area contributed by atoms with Crippen LogP contribution in [0, 0.1) is 0 Å². The maximum Gasteiger partial charge on any atom is 0.337 e. The van der Waals surface area contributed by atoms with Gasteiger partial charge >= 0.3 is 5.97 Å². The van der Waals surface area contributed by atoms with Crippen LogP contribution in [0.5, 0.6) is 0 Å². The molecule has 8 nitrogen and oxygen atoms in total. The quantitative estimate of drug-likeness (QED) is 0.684. The molecule has 0 atom stereocenters. The van der Waals surface area contributed by atoms with E-state index in [1.165, 1.54) is 7.11 Å². The molecule has 0 saturated carbocycles. The molecular weight excluding hydrogens is 322 g/mol. The summed E-state index contributed by atoms with van der Waals surface area (Å²) in [6, 6.07) is 13.8. The Bertz CT molecular complexity index is 858. The van der Waals surface area contributed by atoms with Crippen LogP contribution in [-0.2, 0) is 11.3 Å². The summed E-state index contributed by atoms with van der Waals surface area (Å²) < 4.78 is 4.65. The fourth-order valence-electron chi connectivity index (χ4n) is 2.22. The molecule has 25 heavy (non-hydrogen) atoms. The van der Waals surface area contributed by atoms with Gasteiger partial charge in [0.1, 0.15) is 0 Å². The lowest BCUT2D eigenvalue weighted by atomic mass is 10.1. The Morgan fingerprint density at radius 1 is 1.04 bits per heavy atom. The molecule has 2 aromatic carbocycles. The average molecular weight is 337 g/mol. The first-order valence-electron chi connectivity index (χ1n) is 7.46. The molecule has 0 aliphatic rings. The van der Waals surface area contributed by atoms with E-state index in [0.717, 1.165) is 11.1 Å². The number of carbonyl (C=O) groups excluding carboxylic acids is 2. The highest BCUT2D eigenvalue weighted by Crippen LogP contribution is 2.14. The van der Waals surface area contributed by atoms with Crippen LogP contribution in [0.25, 0.3) is 11.4 Å². The molecule has 8 heteroatoms. The van der Waals surface area contributed by atoms with E-state index in [2.05, 4.69) is 30.7 Å². The molecule has 0 aliphatic heterocycles. The monoisotopic (exact) mass is 337 g/mol. The summed E-state index contributed by atoms with van der Waals surface area (Å²) >= 11 is 0. The van der Waals surface area contributed by atoms with Gasteiger partial charge in [-0.1, -0.05) is 24.3 Å². The van der Waals surface area contributed by atoms with Gasteiger partial charge in [-0.25, -0.2) is 4.79 Å². The second kappa shape index (κ2) is 7.35. The lowest BCUT2D eigenvalue weighted by molar-refractivity contribution is 0.0600. The van der Waals surface area contributed by atoms with Crippen molar-refractivity contribution in [1.29, 1.82) is 0 Å². The molecule has 0 aliphatic carbocycles. The fourth-order valence-corrected chi connectivity index (χ4v) is 2.22. The number of hydrogen-bond acceptors (Lipinski definition) is 6. The SMILES string of the molecule is COC(=O)c1ccc(CNC(=O)c2ccc(-c3nn[nH]n3)cc2)cc1. The van der Waals surface area contributed by atoms with Crippen LogP contribution in [-0.4, -0.2) is 39.6 Å². The first kappa shape index (κ1) is 16.3. The highest BCUT2D eigenvalue weighted by Gasteiger charge is 2.08. The van der Waals surface area contributed by atoms with Gasteiger partial charge in [0, 0.05) is 17.7 Å². The van der Waals surface area contributed by atoms with E-state index in [0.29, 0.717) is 23.5 Å². The molecule has 1 amide bonds. The Morgan fingerprint density at radius 2 is 1.72 bits per heavy atom. The molecule has 1 heterocycles. The second-order valence-corrected chi connectivity index (χ2v) is 5.18. The van der Waals surface area contributed by atoms with Crippen LogP contribution in [0.2, 0.25) is 0 Å². The Balaban J connectivity index is 1.60. The number of esters is 1. The molecule has 0 radical (unpaired) electrons. The Hall–Kier alpha value is -3.55. The van der Waals surface area contributed by atoms with Crippen molar-refractivity contribution in [3.05, 3.63) is 65.2 Å². The Morgan fingerprint density at radius 3 is 2.32 bits per heavy atom. The number of nitrogens with one attached hydrogen (secondary N) is 2. The Labute approximate surface area is 143 Å². The molecule has 0 fully saturated rings. The summed E-state index contributed by atoms with van der Waals surface area (Å²) in [7, 11) is 1.33. The number of hydrogen-bond donors (Lipinski definition) is 2. The summed E-state index contributed by atoms with van der Waals surface area (Å²) in [6.07, 6.45) is 0. The minimum atomic E-state index is -0.391. The van der Waals surface area contributed by atoms with E-state index in [4.69, 9.17) is 0 Å². The van der Waals surface area contributed by atoms with Crippen molar-refractivity contribution >= 4 is 11.9 Å². The van der Waals surface area contributed by atoms with Gasteiger partial charge in [-0.3, -0.25) is 4.79 Å². The lowest BCUT2D eigenvalue weighted by Crippen LogP contribution is -2.22. The maximum atomic E-state index is 12.2. The number of tetrazole rings is 1. The van der Waals surface area contributed by atoms with Gasteiger partial charge in [0.2, 0.25) is 5.82 Å². The van der Waals surface area contributed by atoms with Crippen molar-refractivity contribution in [2.24, 2.45) is 0 Å². The van der Waals surface area contributed by atoms with Crippen molar-refractivity contribution in [1.82, 2.24) is 25.9 Å². The predicted molar refractivity (Wildman–Crippen MR) is 88.6 cm³/mol. The first-order valence-corrected chi connectivity index (χ1v) is 7.46. The molecule has 0 bridgehead atoms. The molecule has 1 aromatic heterocycles. The van der Waals surface area contributed by atoms with Gasteiger partial charge in [0.25, 0.3) is 5.91 Å². The second-order valence-electron chi connectivity index (χ2n) is 5.18. The van der Waals surface area contributed by atoms with E-state index in [1.54, 1.807) is 48.5 Å². The van der Waals surface area contributed by atoms with E-state index >= 15 is 0 Å². The zero-order valence-corrected chi connectivity index (χ0v) is 13.4. The van der Waals surface area contributed by atoms with Gasteiger partial charge in [-0.05, 0) is 35.0 Å². The number of carbonyl (C=O) groups is 2. The summed E-state index contributed by atoms with van der Waals surface area (Å²) in [6.45, 7) is 0.354. The minimum absolute atomic E-state index is 0.197. The fraction of sp³-hybridized carbons (Fsp3) is 0.118. The summed E-state index contributed by atoms with van der Waals surface area (Å²) in [5.74, 6) is -0.119. The molecule has 2 N–H and O–H groups in total. The zero-order valence-electron chi connectivity index (χ0n) is 13.4. The van der Waals surface area contributed by atoms with Crippen molar-refractivity contribution < 1.29 is 14.3 Å². The smallest absolute Gasteiger partial charge is 0.337 e. The van der Waals surface area contributed by atoms with Crippen LogP contribution >= 0.6 is 0 Å². The highest BCUT2D eigenvalue weighted by molar-refractivity contribution is 5.94. The van der Waals surface area contributed by atoms with Crippen LogP contribution in [0.1, 0.15) is 26.3 Å². The Kier molecular flexibility index (Phi) is 4.79. The predicted octanol–water partition coefficient (Wildman–Crippen LogP) is 1.58. The maximum absolute atomic E-state index is 12.2. The number of amides is 1. The molecule has 0 saturated heterocycles. The standard InChI is InChI=1S/C17H15N5O3/c1-25-17(24)14-4-2-11(3-5-14)10-18-16(23)13-8-6-12(7-9-13)15-19-21-22-20-15/h2-9H,10H2,1H3,(H,18,23)(H,19,20,21,22). The average Bonchev–Trinajstić information content (AvgIpc) is 3.21. The van der Waals surface area contributed by atoms with Gasteiger partial charge in [0.05, 0.1) is 12.7 Å². The van der Waals surface area contributed by atoms with Gasteiger partial charge in [-0.2, -0.15) is 5.21 Å². The van der Waals surface area contributed by atoms with Crippen LogP contribution in [0.4, 0.5) is 0 Å². The van der Waals surface area contributed by atoms with Gasteiger partial charge < -0.3 is 10.1 Å². The molecule has 126 valence electrons. The summed E-state index contributed by atoms with van der Waals surface area (Å²) in [5, 5.41) is 16.5. The molecule has 0 spiro atoms. The molecule has 3 rings (SSSR count). The van der Waals surface area contributed by atoms with Crippen LogP contribution in [0.3, 0.4) is 0 Å². The number of methoxy groups -OCH3 is 1. The number of rotatable bonds is 5. The van der Waals surface area contributed by atoms with E-state index in [1.807, 2.05) is 0 Å². The van der Waals surface area contributed by atoms with Crippen molar-refractivity contribution in [3.63, 3.8) is 0 Å². The summed E-state index contributed by atoms with van der Waals surface area (Å²) in [5.41, 5.74) is 2.64. The van der Waals surface area contributed by atoms with Crippen LogP contribution < -0.4 is 5.32 Å². The minimum Gasteiger partial charge on any atom is -0.465 e. The van der Waals surface area contributed by atoms with E-state index < -0.39 is 5.97 Å². The van der Waals surface area contributed by atoms with Crippen molar-refractivity contribution in [2.45, 2.75) is 6.54 Å². The first-order chi connectivity index (χ1) is 12.2. The van der Waals surface area contributed by atoms with Crippen molar-refractivity contribution in [3.8, 4) is 11.4 Å². The van der Waals surface area contributed by atoms with Crippen molar-refractivity contribution in [2.75, 3.05) is 7.11 Å². The number of aromatic amines is 1. The van der Waals surface area contributed by atoms with Crippen LogP contribution in [0.15, 0.2) is 48.5 Å². The third-order valence-electron chi connectivity index (χ3n) is 3.58. The lowest BCUT2D eigenvalue weighted by Gasteiger charge is -2.06. The topological polar surface area (TPSA) is 110 Å². The molecular formula is C17H15N5O3. The third-order valence-corrected chi connectivity index (χ3v) is 3.58. The molecule has 3 aromatic rings. The number of aromatic nitrogens is 4. The number of H-pyrrole nitrogens is 1. The van der Waals surface area contributed by atoms with Gasteiger partial charge in [0.15, 0.2) is 0 Å². The van der Waals surface area contributed by atoms with E-state index in [-0.39, 0.29) is 5.91 Å². The highest BCUT2D eigenvalue weighted by atomic mass is 16.5. The largest absolute Gasteiger partial charge is 0.465 e. The summed E-state index contributed by atoms with van der Waals surface area (Å²) in [4.78, 5) is 23.6. The number of benzene rings is 2. The molecule has 0 unspecified atom stereocenters. The van der Waals surface area contributed by atoms with Gasteiger partial charge in [-0.15, -0.1) is 10.2 Å².